The number of hydrogen-bond acceptors (Lipinski definition) is 3. The Kier molecular flexibility index (Phi) is 4.87. The van der Waals surface area contributed by atoms with Crippen LogP contribution in [0.25, 0.3) is 10.9 Å². The molecule has 0 bridgehead atoms. The van der Waals surface area contributed by atoms with E-state index in [1.54, 1.807) is 24.3 Å². The van der Waals surface area contributed by atoms with E-state index >= 15 is 0 Å². The maximum atomic E-state index is 12.7. The van der Waals surface area contributed by atoms with Gasteiger partial charge in [-0.15, -0.1) is 0 Å². The Hall–Kier alpha value is -2.76. The second kappa shape index (κ2) is 7.34. The molecule has 0 saturated carbocycles. The summed E-state index contributed by atoms with van der Waals surface area (Å²) in [7, 11) is 0. The third kappa shape index (κ3) is 3.91. The Bertz CT molecular complexity index is 962. The van der Waals surface area contributed by atoms with E-state index in [0.29, 0.717) is 11.4 Å². The number of anilines is 1. The highest BCUT2D eigenvalue weighted by Gasteiger charge is 2.30. The lowest BCUT2D eigenvalue weighted by molar-refractivity contribution is -0.137. The van der Waals surface area contributed by atoms with Crippen molar-refractivity contribution in [2.75, 3.05) is 18.0 Å². The van der Waals surface area contributed by atoms with Gasteiger partial charge < -0.3 is 10.0 Å². The quantitative estimate of drug-likeness (QED) is 0.653. The summed E-state index contributed by atoms with van der Waals surface area (Å²) in [5.74, 6) is 1.47. The number of piperidine rings is 1. The SMILES string of the molecule is Oc1cccc2ccc(N3CCC(Cc4ccc(C(F)(F)F)cc4)CC3)nc12. The van der Waals surface area contributed by atoms with Crippen molar-refractivity contribution in [1.82, 2.24) is 4.98 Å². The van der Waals surface area contributed by atoms with Crippen LogP contribution in [0.3, 0.4) is 0 Å². The first kappa shape index (κ1) is 18.6. The molecule has 4 rings (SSSR count). The van der Waals surface area contributed by atoms with E-state index in [0.717, 1.165) is 61.3 Å². The predicted molar refractivity (Wildman–Crippen MR) is 103 cm³/mol. The molecule has 0 unspecified atom stereocenters. The van der Waals surface area contributed by atoms with Crippen molar-refractivity contribution in [2.24, 2.45) is 5.92 Å². The Labute approximate surface area is 161 Å². The van der Waals surface area contributed by atoms with Crippen molar-refractivity contribution in [1.29, 1.82) is 0 Å². The molecule has 1 saturated heterocycles. The third-order valence-electron chi connectivity index (χ3n) is 5.43. The zero-order valence-corrected chi connectivity index (χ0v) is 15.3. The fourth-order valence-electron chi connectivity index (χ4n) is 3.83. The first-order chi connectivity index (χ1) is 13.4. The van der Waals surface area contributed by atoms with Gasteiger partial charge in [-0.25, -0.2) is 4.98 Å². The number of halogens is 3. The number of fused-ring (bicyclic) bond motifs is 1. The van der Waals surface area contributed by atoms with Gasteiger partial charge in [-0.05, 0) is 61.1 Å². The molecule has 0 radical (unpaired) electrons. The minimum Gasteiger partial charge on any atom is -0.506 e. The molecular formula is C22H21F3N2O. The maximum absolute atomic E-state index is 12.7. The lowest BCUT2D eigenvalue weighted by Crippen LogP contribution is -2.34. The highest BCUT2D eigenvalue weighted by molar-refractivity contribution is 5.85. The van der Waals surface area contributed by atoms with E-state index in [1.807, 2.05) is 18.2 Å². The number of benzene rings is 2. The highest BCUT2D eigenvalue weighted by atomic mass is 19.4. The number of nitrogens with zero attached hydrogens (tertiary/aromatic N) is 2. The fourth-order valence-corrected chi connectivity index (χ4v) is 3.83. The molecule has 2 heterocycles. The van der Waals surface area contributed by atoms with E-state index in [2.05, 4.69) is 9.88 Å². The van der Waals surface area contributed by atoms with Gasteiger partial charge >= 0.3 is 6.18 Å². The fraction of sp³-hybridized carbons (Fsp3) is 0.318. The van der Waals surface area contributed by atoms with Crippen LogP contribution < -0.4 is 4.90 Å². The van der Waals surface area contributed by atoms with E-state index in [4.69, 9.17) is 0 Å². The van der Waals surface area contributed by atoms with Crippen LogP contribution in [0.15, 0.2) is 54.6 Å². The molecule has 0 aliphatic carbocycles. The van der Waals surface area contributed by atoms with Gasteiger partial charge in [0, 0.05) is 18.5 Å². The van der Waals surface area contributed by atoms with Crippen LogP contribution in [-0.2, 0) is 12.6 Å². The zero-order valence-electron chi connectivity index (χ0n) is 15.3. The van der Waals surface area contributed by atoms with Crippen LogP contribution in [0.5, 0.6) is 5.75 Å². The van der Waals surface area contributed by atoms with E-state index in [9.17, 15) is 18.3 Å². The van der Waals surface area contributed by atoms with Crippen molar-refractivity contribution in [3.63, 3.8) is 0 Å². The Morgan fingerprint density at radius 1 is 0.964 bits per heavy atom. The molecule has 0 atom stereocenters. The van der Waals surface area contributed by atoms with Gasteiger partial charge in [0.05, 0.1) is 5.56 Å². The molecule has 2 aromatic carbocycles. The summed E-state index contributed by atoms with van der Waals surface area (Å²) in [6, 6.07) is 14.8. The number of para-hydroxylation sites is 1. The minimum absolute atomic E-state index is 0.177. The first-order valence-electron chi connectivity index (χ1n) is 9.40. The molecule has 3 nitrogen and oxygen atoms in total. The van der Waals surface area contributed by atoms with Crippen LogP contribution in [-0.4, -0.2) is 23.2 Å². The number of alkyl halides is 3. The van der Waals surface area contributed by atoms with E-state index in [-0.39, 0.29) is 5.75 Å². The van der Waals surface area contributed by atoms with Gasteiger partial charge in [-0.1, -0.05) is 24.3 Å². The number of phenols is 1. The molecular weight excluding hydrogens is 365 g/mol. The normalized spacial score (nSPS) is 15.9. The standard InChI is InChI=1S/C22H21F3N2O/c23-22(24,25)18-7-4-15(5-8-18)14-16-10-12-27(13-11-16)20-9-6-17-2-1-3-19(28)21(17)26-20/h1-9,16,28H,10-14H2. The lowest BCUT2D eigenvalue weighted by atomic mass is 9.90. The molecule has 146 valence electrons. The van der Waals surface area contributed by atoms with Gasteiger partial charge in [0.2, 0.25) is 0 Å². The van der Waals surface area contributed by atoms with Crippen LogP contribution in [0.2, 0.25) is 0 Å². The zero-order chi connectivity index (χ0) is 19.7. The molecule has 1 N–H and O–H groups in total. The van der Waals surface area contributed by atoms with Crippen LogP contribution in [0, 0.1) is 5.92 Å². The smallest absolute Gasteiger partial charge is 0.416 e. The number of aromatic hydroxyl groups is 1. The van der Waals surface area contributed by atoms with Crippen molar-refractivity contribution >= 4 is 16.7 Å². The number of hydrogen-bond donors (Lipinski definition) is 1. The molecule has 6 heteroatoms. The highest BCUT2D eigenvalue weighted by Crippen LogP contribution is 2.31. The second-order valence-electron chi connectivity index (χ2n) is 7.35. The average Bonchev–Trinajstić information content (AvgIpc) is 2.68. The van der Waals surface area contributed by atoms with E-state index < -0.39 is 11.7 Å². The van der Waals surface area contributed by atoms with Gasteiger partial charge in [-0.2, -0.15) is 13.2 Å². The molecule has 3 aromatic rings. The monoisotopic (exact) mass is 386 g/mol. The summed E-state index contributed by atoms with van der Waals surface area (Å²) in [5, 5.41) is 10.9. The Morgan fingerprint density at radius 3 is 2.36 bits per heavy atom. The number of aromatic nitrogens is 1. The summed E-state index contributed by atoms with van der Waals surface area (Å²) in [5.41, 5.74) is 0.948. The van der Waals surface area contributed by atoms with Crippen molar-refractivity contribution in [3.05, 3.63) is 65.7 Å². The third-order valence-corrected chi connectivity index (χ3v) is 5.43. The van der Waals surface area contributed by atoms with Crippen LogP contribution in [0.4, 0.5) is 19.0 Å². The van der Waals surface area contributed by atoms with Crippen molar-refractivity contribution < 1.29 is 18.3 Å². The van der Waals surface area contributed by atoms with Gasteiger partial charge in [0.1, 0.15) is 17.1 Å². The first-order valence-corrected chi connectivity index (χ1v) is 9.40. The maximum Gasteiger partial charge on any atom is 0.416 e. The number of pyridine rings is 1. The second-order valence-corrected chi connectivity index (χ2v) is 7.35. The summed E-state index contributed by atoms with van der Waals surface area (Å²) in [4.78, 5) is 6.81. The lowest BCUT2D eigenvalue weighted by Gasteiger charge is -2.33. The van der Waals surface area contributed by atoms with E-state index in [1.165, 1.54) is 0 Å². The van der Waals surface area contributed by atoms with Crippen molar-refractivity contribution in [3.8, 4) is 5.75 Å². The summed E-state index contributed by atoms with van der Waals surface area (Å²) < 4.78 is 38.0. The Morgan fingerprint density at radius 2 is 1.68 bits per heavy atom. The molecule has 0 spiro atoms. The minimum atomic E-state index is -4.29. The Balaban J connectivity index is 1.39. The molecule has 0 amide bonds. The summed E-state index contributed by atoms with van der Waals surface area (Å²) >= 11 is 0. The van der Waals surface area contributed by atoms with Gasteiger partial charge in [0.15, 0.2) is 0 Å². The molecule has 1 aromatic heterocycles. The van der Waals surface area contributed by atoms with Crippen LogP contribution in [0.1, 0.15) is 24.0 Å². The molecule has 1 fully saturated rings. The van der Waals surface area contributed by atoms with Gasteiger partial charge in [0.25, 0.3) is 0 Å². The van der Waals surface area contributed by atoms with Crippen molar-refractivity contribution in [2.45, 2.75) is 25.4 Å². The number of rotatable bonds is 3. The predicted octanol–water partition coefficient (Wildman–Crippen LogP) is 5.42. The molecule has 1 aliphatic heterocycles. The number of phenolic OH excluding ortho intramolecular Hbond substituents is 1. The average molecular weight is 386 g/mol. The van der Waals surface area contributed by atoms with Crippen LogP contribution >= 0.6 is 0 Å². The van der Waals surface area contributed by atoms with Gasteiger partial charge in [-0.3, -0.25) is 0 Å². The largest absolute Gasteiger partial charge is 0.506 e. The molecule has 1 aliphatic rings. The molecule has 28 heavy (non-hydrogen) atoms. The topological polar surface area (TPSA) is 36.4 Å². The summed E-state index contributed by atoms with van der Waals surface area (Å²) in [6.45, 7) is 1.69. The summed E-state index contributed by atoms with van der Waals surface area (Å²) in [6.07, 6.45) is -1.58.